The van der Waals surface area contributed by atoms with Crippen molar-refractivity contribution in [3.63, 3.8) is 0 Å². The predicted molar refractivity (Wildman–Crippen MR) is 132 cm³/mol. The molecule has 0 saturated carbocycles. The Hall–Kier alpha value is -3.62. The van der Waals surface area contributed by atoms with E-state index in [0.29, 0.717) is 16.5 Å². The van der Waals surface area contributed by atoms with Gasteiger partial charge < -0.3 is 21.0 Å². The van der Waals surface area contributed by atoms with Gasteiger partial charge in [-0.3, -0.25) is 18.9 Å². The number of amides is 2. The number of hydrogen-bond acceptors (Lipinski definition) is 9. The van der Waals surface area contributed by atoms with Gasteiger partial charge in [-0.15, -0.1) is 23.1 Å². The van der Waals surface area contributed by atoms with Crippen LogP contribution in [0.25, 0.3) is 5.52 Å². The van der Waals surface area contributed by atoms with Crippen molar-refractivity contribution in [2.45, 2.75) is 18.0 Å². The van der Waals surface area contributed by atoms with Crippen LogP contribution in [0.5, 0.6) is 0 Å². The third-order valence-corrected chi connectivity index (χ3v) is 8.00. The molecule has 186 valence electrons. The molecule has 36 heavy (non-hydrogen) atoms. The zero-order valence-corrected chi connectivity index (χ0v) is 21.0. The van der Waals surface area contributed by atoms with E-state index in [0.717, 1.165) is 16.9 Å². The van der Waals surface area contributed by atoms with E-state index in [9.17, 15) is 19.5 Å². The van der Waals surface area contributed by atoms with Crippen molar-refractivity contribution in [1.29, 1.82) is 0 Å². The van der Waals surface area contributed by atoms with E-state index < -0.39 is 29.2 Å². The number of nitrogens with one attached hydrogen (secondary N) is 1. The van der Waals surface area contributed by atoms with Crippen LogP contribution in [-0.2, 0) is 25.8 Å². The number of carboxylic acids is 1. The van der Waals surface area contributed by atoms with Crippen LogP contribution in [0.2, 0.25) is 5.15 Å². The molecule has 1 fully saturated rings. The minimum atomic E-state index is -1.21. The van der Waals surface area contributed by atoms with Crippen molar-refractivity contribution in [3.8, 4) is 0 Å². The highest BCUT2D eigenvalue weighted by Crippen LogP contribution is 2.40. The fraction of sp³-hybridized carbons (Fsp3) is 0.238. The number of aromatic nitrogens is 3. The summed E-state index contributed by atoms with van der Waals surface area (Å²) in [6.45, 7) is 0.275. The molecule has 3 aromatic heterocycles. The molecule has 5 rings (SSSR count). The number of hydrogen-bond donors (Lipinski definition) is 3. The van der Waals surface area contributed by atoms with Gasteiger partial charge in [0.15, 0.2) is 29.8 Å². The molecule has 1 saturated heterocycles. The number of thioether (sulfide) groups is 1. The maximum atomic E-state index is 13.0. The lowest BCUT2D eigenvalue weighted by atomic mass is 10.0. The lowest BCUT2D eigenvalue weighted by Crippen LogP contribution is -2.71. The minimum Gasteiger partial charge on any atom is -0.477 e. The quantitative estimate of drug-likeness (QED) is 0.169. The van der Waals surface area contributed by atoms with Crippen LogP contribution in [0.3, 0.4) is 0 Å². The molecule has 0 aliphatic carbocycles. The number of nitrogen functional groups attached to an aromatic ring is 1. The van der Waals surface area contributed by atoms with E-state index in [-0.39, 0.29) is 28.8 Å². The minimum absolute atomic E-state index is 0.0758. The van der Waals surface area contributed by atoms with E-state index in [1.54, 1.807) is 28.2 Å². The van der Waals surface area contributed by atoms with E-state index >= 15 is 0 Å². The molecule has 2 atom stereocenters. The molecule has 0 spiro atoms. The zero-order valence-electron chi connectivity index (χ0n) is 18.6. The number of fused-ring (bicyclic) bond motifs is 2. The summed E-state index contributed by atoms with van der Waals surface area (Å²) in [5.74, 6) is -2.05. The molecule has 2 aliphatic rings. The van der Waals surface area contributed by atoms with E-state index in [1.165, 1.54) is 23.8 Å². The van der Waals surface area contributed by atoms with Crippen LogP contribution in [0, 0.1) is 0 Å². The summed E-state index contributed by atoms with van der Waals surface area (Å²) in [4.78, 5) is 48.1. The molecule has 5 heterocycles. The number of carboxylic acid groups (broad SMARTS) is 1. The molecule has 3 aromatic rings. The normalized spacial score (nSPS) is 19.8. The lowest BCUT2D eigenvalue weighted by molar-refractivity contribution is -0.688. The first-order valence-corrected chi connectivity index (χ1v) is 12.8. The lowest BCUT2D eigenvalue weighted by Gasteiger charge is -2.49. The standard InChI is InChI=1S/C21H18ClN7O5S2/c1-34-26-14(12-9-36-21(23)24-12)17(30)25-15-18(31)29-16(20(32)33)10(8-35-19(15)29)6-27-4-5-28-11(7-27)2-3-13(28)22/h2-5,7,9,15,19H,6,8H2,1H3,(H3-,23,24,25,30,32,33)/p+1/b26-14-/t15-,19+/m1/s1. The van der Waals surface area contributed by atoms with Crippen LogP contribution in [0.1, 0.15) is 5.69 Å². The molecule has 15 heteroatoms. The van der Waals surface area contributed by atoms with E-state index in [1.807, 2.05) is 16.8 Å². The predicted octanol–water partition coefficient (Wildman–Crippen LogP) is 0.708. The van der Waals surface area contributed by atoms with Gasteiger partial charge in [-0.25, -0.2) is 9.78 Å². The molecule has 2 aliphatic heterocycles. The average molecular weight is 549 g/mol. The third kappa shape index (κ3) is 4.16. The summed E-state index contributed by atoms with van der Waals surface area (Å²) < 4.78 is 3.63. The van der Waals surface area contributed by atoms with E-state index in [4.69, 9.17) is 22.2 Å². The smallest absolute Gasteiger partial charge is 0.352 e. The summed E-state index contributed by atoms with van der Waals surface area (Å²) in [7, 11) is 1.28. The number of β-lactam (4-membered cyclic amide) rings is 1. The molecular formula is C21H19ClN7O5S2+. The number of carbonyl (C=O) groups excluding carboxylic acids is 2. The SMILES string of the molecule is CO/N=C(\C(=O)N[C@@H]1C(=O)N2C(C(=O)O)=C(C[n+]3ccn4c(Cl)ccc4c3)CS[C@@H]12)c1csc(N)n1. The van der Waals surface area contributed by atoms with Crippen LogP contribution in [-0.4, -0.2) is 67.2 Å². The van der Waals surface area contributed by atoms with Gasteiger partial charge >= 0.3 is 5.97 Å². The second-order valence-electron chi connectivity index (χ2n) is 7.86. The first-order chi connectivity index (χ1) is 17.3. The van der Waals surface area contributed by atoms with Crippen LogP contribution < -0.4 is 15.6 Å². The highest BCUT2D eigenvalue weighted by Gasteiger charge is 2.54. The van der Waals surface area contributed by atoms with Gasteiger partial charge in [-0.05, 0) is 12.1 Å². The number of carbonyl (C=O) groups is 3. The van der Waals surface area contributed by atoms with Crippen molar-refractivity contribution < 1.29 is 28.9 Å². The Bertz CT molecular complexity index is 1470. The van der Waals surface area contributed by atoms with Crippen molar-refractivity contribution in [3.05, 3.63) is 58.2 Å². The molecule has 0 unspecified atom stereocenters. The van der Waals surface area contributed by atoms with Crippen LogP contribution in [0.15, 0.2) is 52.5 Å². The number of thiazole rings is 1. The molecule has 2 amide bonds. The fourth-order valence-electron chi connectivity index (χ4n) is 4.09. The zero-order chi connectivity index (χ0) is 25.6. The summed E-state index contributed by atoms with van der Waals surface area (Å²) in [6, 6.07) is 2.69. The summed E-state index contributed by atoms with van der Waals surface area (Å²) in [5.41, 5.74) is 7.07. The van der Waals surface area contributed by atoms with Crippen molar-refractivity contribution in [1.82, 2.24) is 19.6 Å². The molecule has 0 bridgehead atoms. The maximum absolute atomic E-state index is 13.0. The third-order valence-electron chi connectivity index (χ3n) is 5.68. The molecule has 0 aromatic carbocycles. The first-order valence-electron chi connectivity index (χ1n) is 10.5. The Morgan fingerprint density at radius 2 is 2.25 bits per heavy atom. The molecule has 4 N–H and O–H groups in total. The Labute approximate surface area is 217 Å². The number of aliphatic carboxylic acids is 1. The monoisotopic (exact) mass is 548 g/mol. The summed E-state index contributed by atoms with van der Waals surface area (Å²) in [6.07, 6.45) is 5.41. The van der Waals surface area contributed by atoms with E-state index in [2.05, 4.69) is 15.5 Å². The number of nitrogens with zero attached hydrogens (tertiary/aromatic N) is 5. The molecular weight excluding hydrogens is 530 g/mol. The number of nitrogens with two attached hydrogens (primary N) is 1. The number of halogens is 1. The highest BCUT2D eigenvalue weighted by molar-refractivity contribution is 8.00. The highest BCUT2D eigenvalue weighted by atomic mass is 35.5. The largest absolute Gasteiger partial charge is 0.477 e. The molecule has 12 nitrogen and oxygen atoms in total. The second kappa shape index (κ2) is 9.44. The van der Waals surface area contributed by atoms with Crippen LogP contribution in [0.4, 0.5) is 5.13 Å². The fourth-order valence-corrected chi connectivity index (χ4v) is 6.19. The van der Waals surface area contributed by atoms with Gasteiger partial charge in [0.1, 0.15) is 40.6 Å². The van der Waals surface area contributed by atoms with Gasteiger partial charge in [-0.1, -0.05) is 16.8 Å². The Kier molecular flexibility index (Phi) is 6.32. The van der Waals surface area contributed by atoms with Crippen molar-refractivity contribution in [2.75, 3.05) is 18.6 Å². The Morgan fingerprint density at radius 1 is 1.44 bits per heavy atom. The summed E-state index contributed by atoms with van der Waals surface area (Å²) >= 11 is 8.63. The van der Waals surface area contributed by atoms with Gasteiger partial charge in [-0.2, -0.15) is 4.57 Å². The Morgan fingerprint density at radius 3 is 2.94 bits per heavy atom. The average Bonchev–Trinajstić information content (AvgIpc) is 3.45. The van der Waals surface area contributed by atoms with Crippen molar-refractivity contribution in [2.24, 2.45) is 5.16 Å². The second-order valence-corrected chi connectivity index (χ2v) is 10.2. The number of oxime groups is 1. The van der Waals surface area contributed by atoms with Gasteiger partial charge in [0, 0.05) is 16.7 Å². The van der Waals surface area contributed by atoms with Crippen LogP contribution >= 0.6 is 34.7 Å². The first kappa shape index (κ1) is 24.1. The maximum Gasteiger partial charge on any atom is 0.352 e. The van der Waals surface area contributed by atoms with Crippen molar-refractivity contribution >= 4 is 68.8 Å². The topological polar surface area (TPSA) is 156 Å². The van der Waals surface area contributed by atoms with Gasteiger partial charge in [0.2, 0.25) is 0 Å². The number of anilines is 1. The Balaban J connectivity index is 1.36. The number of rotatable bonds is 7. The summed E-state index contributed by atoms with van der Waals surface area (Å²) in [5, 5.41) is 18.1. The molecule has 0 radical (unpaired) electrons. The van der Waals surface area contributed by atoms with Gasteiger partial charge in [0.25, 0.3) is 11.8 Å². The van der Waals surface area contributed by atoms with Gasteiger partial charge in [0.05, 0.1) is 6.20 Å².